The molecule has 0 aliphatic heterocycles. The lowest BCUT2D eigenvalue weighted by Gasteiger charge is -2.56. The maximum absolute atomic E-state index is 13.1. The minimum atomic E-state index is -0.689. The predicted octanol–water partition coefficient (Wildman–Crippen LogP) is 3.32. The Morgan fingerprint density at radius 3 is 2.43 bits per heavy atom. The molecule has 4 aliphatic carbocycles. The summed E-state index contributed by atoms with van der Waals surface area (Å²) in [6.45, 7) is 6.07. The number of carbonyl (C=O) groups is 1. The van der Waals surface area contributed by atoms with Crippen LogP contribution in [-0.2, 0) is 4.79 Å². The van der Waals surface area contributed by atoms with Crippen molar-refractivity contribution in [3.63, 3.8) is 0 Å². The Labute approximate surface area is 139 Å². The third-order valence-electron chi connectivity index (χ3n) is 8.54. The van der Waals surface area contributed by atoms with Crippen LogP contribution in [-0.4, -0.2) is 27.2 Å². The number of hydrogen-bond donors (Lipinski definition) is 2. The van der Waals surface area contributed by atoms with E-state index in [9.17, 15) is 15.0 Å². The highest BCUT2D eigenvalue weighted by molar-refractivity contribution is 5.84. The van der Waals surface area contributed by atoms with Crippen LogP contribution in [0.15, 0.2) is 0 Å². The van der Waals surface area contributed by atoms with Crippen LogP contribution < -0.4 is 0 Å². The Bertz CT molecular complexity index is 523. The van der Waals surface area contributed by atoms with Crippen LogP contribution in [0.3, 0.4) is 0 Å². The molecule has 4 aliphatic rings. The molecule has 0 aromatic rings. The molecule has 3 heteroatoms. The number of fused-ring (bicyclic) bond motifs is 5. The van der Waals surface area contributed by atoms with Crippen molar-refractivity contribution in [2.45, 2.75) is 83.3 Å². The molecule has 2 N–H and O–H groups in total. The molecule has 0 bridgehead atoms. The Morgan fingerprint density at radius 1 is 0.957 bits per heavy atom. The molecule has 3 nitrogen and oxygen atoms in total. The predicted molar refractivity (Wildman–Crippen MR) is 88.7 cm³/mol. The zero-order chi connectivity index (χ0) is 16.6. The van der Waals surface area contributed by atoms with Gasteiger partial charge in [0, 0.05) is 17.8 Å². The number of rotatable bonds is 0. The highest BCUT2D eigenvalue weighted by atomic mass is 16.3. The lowest BCUT2D eigenvalue weighted by molar-refractivity contribution is -0.162. The fourth-order valence-electron chi connectivity index (χ4n) is 7.08. The molecule has 0 aromatic heterocycles. The van der Waals surface area contributed by atoms with Gasteiger partial charge in [-0.15, -0.1) is 0 Å². The summed E-state index contributed by atoms with van der Waals surface area (Å²) in [6, 6.07) is 0. The van der Waals surface area contributed by atoms with Crippen molar-refractivity contribution in [2.24, 2.45) is 35.0 Å². The number of Topliss-reactive ketones (excluding diaryl/α,β-unsaturated/α-hetero) is 1. The second kappa shape index (κ2) is 4.82. The van der Waals surface area contributed by atoms with Gasteiger partial charge in [-0.05, 0) is 82.5 Å². The highest BCUT2D eigenvalue weighted by Gasteiger charge is 2.63. The largest absolute Gasteiger partial charge is 0.390 e. The van der Waals surface area contributed by atoms with E-state index in [1.165, 1.54) is 0 Å². The fraction of sp³-hybridized carbons (Fsp3) is 0.950. The van der Waals surface area contributed by atoms with E-state index < -0.39 is 11.2 Å². The van der Waals surface area contributed by atoms with Gasteiger partial charge >= 0.3 is 0 Å². The Morgan fingerprint density at radius 2 is 1.70 bits per heavy atom. The van der Waals surface area contributed by atoms with Gasteiger partial charge in [-0.25, -0.2) is 0 Å². The average Bonchev–Trinajstić information content (AvgIpc) is 2.67. The van der Waals surface area contributed by atoms with Gasteiger partial charge in [-0.2, -0.15) is 0 Å². The first kappa shape index (κ1) is 16.1. The van der Waals surface area contributed by atoms with Crippen LogP contribution in [0.2, 0.25) is 0 Å². The van der Waals surface area contributed by atoms with Crippen molar-refractivity contribution < 1.29 is 15.0 Å². The average molecular weight is 320 g/mol. The second-order valence-corrected chi connectivity index (χ2v) is 9.91. The van der Waals surface area contributed by atoms with Crippen molar-refractivity contribution in [3.8, 4) is 0 Å². The lowest BCUT2D eigenvalue weighted by atomic mass is 9.48. The molecule has 4 fully saturated rings. The third kappa shape index (κ3) is 2.18. The standard InChI is InChI=1S/C20H32O3/c1-18(22)8-6-13-12(10-18)4-5-14-15-7-9-20(3,23)19(15,2)11-16(21)17(13)14/h12-15,17,22-23H,4-11H2,1-3H3/t12-,13+,14+,15+,17-,18-,19+,20?/m1/s1. The van der Waals surface area contributed by atoms with Crippen LogP contribution in [0.5, 0.6) is 0 Å². The Balaban J connectivity index is 1.64. The fourth-order valence-corrected chi connectivity index (χ4v) is 7.08. The van der Waals surface area contributed by atoms with Crippen LogP contribution in [0.1, 0.15) is 72.1 Å². The summed E-state index contributed by atoms with van der Waals surface area (Å²) >= 11 is 0. The first-order valence-electron chi connectivity index (χ1n) is 9.62. The summed E-state index contributed by atoms with van der Waals surface area (Å²) in [7, 11) is 0. The zero-order valence-corrected chi connectivity index (χ0v) is 14.8. The summed E-state index contributed by atoms with van der Waals surface area (Å²) in [6.07, 6.45) is 7.46. The van der Waals surface area contributed by atoms with E-state index in [0.717, 1.165) is 44.9 Å². The zero-order valence-electron chi connectivity index (χ0n) is 14.8. The Kier molecular flexibility index (Phi) is 3.37. The molecule has 130 valence electrons. The molecule has 0 amide bonds. The summed E-state index contributed by atoms with van der Waals surface area (Å²) in [4.78, 5) is 13.1. The van der Waals surface area contributed by atoms with Crippen LogP contribution in [0, 0.1) is 35.0 Å². The lowest BCUT2D eigenvalue weighted by Crippen LogP contribution is -2.57. The second-order valence-electron chi connectivity index (χ2n) is 9.91. The number of aliphatic hydroxyl groups is 2. The summed E-state index contributed by atoms with van der Waals surface area (Å²) in [5.74, 6) is 2.60. The van der Waals surface area contributed by atoms with Crippen molar-refractivity contribution in [2.75, 3.05) is 0 Å². The van der Waals surface area contributed by atoms with Crippen molar-refractivity contribution >= 4 is 5.78 Å². The van der Waals surface area contributed by atoms with Gasteiger partial charge in [0.15, 0.2) is 0 Å². The van der Waals surface area contributed by atoms with Gasteiger partial charge in [-0.1, -0.05) is 6.92 Å². The molecule has 23 heavy (non-hydrogen) atoms. The summed E-state index contributed by atoms with van der Waals surface area (Å²) in [5, 5.41) is 21.3. The molecule has 4 rings (SSSR count). The first-order valence-corrected chi connectivity index (χ1v) is 9.62. The molecule has 8 atom stereocenters. The number of ketones is 1. The highest BCUT2D eigenvalue weighted by Crippen LogP contribution is 2.64. The smallest absolute Gasteiger partial charge is 0.137 e. The minimum Gasteiger partial charge on any atom is -0.390 e. The van der Waals surface area contributed by atoms with Crippen molar-refractivity contribution in [3.05, 3.63) is 0 Å². The molecule has 0 spiro atoms. The molecule has 1 unspecified atom stereocenters. The van der Waals surface area contributed by atoms with E-state index in [4.69, 9.17) is 0 Å². The molecule has 0 heterocycles. The third-order valence-corrected chi connectivity index (χ3v) is 8.54. The van der Waals surface area contributed by atoms with Crippen molar-refractivity contribution in [1.82, 2.24) is 0 Å². The molecular formula is C20H32O3. The normalized spacial score (nSPS) is 59.2. The van der Waals surface area contributed by atoms with E-state index in [1.54, 1.807) is 0 Å². The van der Waals surface area contributed by atoms with Crippen LogP contribution >= 0.6 is 0 Å². The first-order chi connectivity index (χ1) is 10.6. The SMILES string of the molecule is CC1(O)CC[C@H]2[C@@H]3CC[C@@H]4C[C@](C)(O)CC[C@@H]4[C@H]3C(=O)C[C@@]21C. The summed E-state index contributed by atoms with van der Waals surface area (Å²) < 4.78 is 0. The van der Waals surface area contributed by atoms with E-state index >= 15 is 0 Å². The maximum atomic E-state index is 13.1. The van der Waals surface area contributed by atoms with Gasteiger partial charge in [-0.3, -0.25) is 4.79 Å². The van der Waals surface area contributed by atoms with Gasteiger partial charge in [0.1, 0.15) is 5.78 Å². The van der Waals surface area contributed by atoms with Crippen LogP contribution in [0.4, 0.5) is 0 Å². The van der Waals surface area contributed by atoms with E-state index in [0.29, 0.717) is 35.9 Å². The molecule has 0 aromatic carbocycles. The van der Waals surface area contributed by atoms with Crippen LogP contribution in [0.25, 0.3) is 0 Å². The van der Waals surface area contributed by atoms with E-state index in [1.807, 2.05) is 13.8 Å². The van der Waals surface area contributed by atoms with E-state index in [2.05, 4.69) is 6.92 Å². The molecule has 0 saturated heterocycles. The maximum Gasteiger partial charge on any atom is 0.137 e. The minimum absolute atomic E-state index is 0.205. The molecule has 4 saturated carbocycles. The van der Waals surface area contributed by atoms with Gasteiger partial charge in [0.25, 0.3) is 0 Å². The summed E-state index contributed by atoms with van der Waals surface area (Å²) in [5.41, 5.74) is -1.44. The van der Waals surface area contributed by atoms with Crippen molar-refractivity contribution in [1.29, 1.82) is 0 Å². The Hall–Kier alpha value is -0.410. The van der Waals surface area contributed by atoms with Gasteiger partial charge in [0.05, 0.1) is 11.2 Å². The topological polar surface area (TPSA) is 57.5 Å². The number of hydrogen-bond acceptors (Lipinski definition) is 3. The molecular weight excluding hydrogens is 288 g/mol. The number of carbonyl (C=O) groups excluding carboxylic acids is 1. The monoisotopic (exact) mass is 320 g/mol. The van der Waals surface area contributed by atoms with Gasteiger partial charge < -0.3 is 10.2 Å². The quantitative estimate of drug-likeness (QED) is 0.720. The van der Waals surface area contributed by atoms with Gasteiger partial charge in [0.2, 0.25) is 0 Å². The van der Waals surface area contributed by atoms with E-state index in [-0.39, 0.29) is 11.3 Å². The molecule has 0 radical (unpaired) electrons.